The third-order valence-electron chi connectivity index (χ3n) is 4.55. The highest BCUT2D eigenvalue weighted by Gasteiger charge is 2.50. The summed E-state index contributed by atoms with van der Waals surface area (Å²) in [5, 5.41) is 9.08. The molecule has 1 aromatic carbocycles. The number of rotatable bonds is 3. The number of hydrogen-bond acceptors (Lipinski definition) is 4. The van der Waals surface area contributed by atoms with Crippen molar-refractivity contribution in [3.05, 3.63) is 65.0 Å². The molecule has 1 saturated heterocycles. The highest BCUT2D eigenvalue weighted by molar-refractivity contribution is 5.85. The standard InChI is InChI=1S/C17H16N2O3/c20-16(21)15-7-3-5-13(18-15)9-19-8-12-4-1-2-6-14(12)17(19)10-22-11-17/h1-7H,8-11H2,(H,20,21). The Morgan fingerprint density at radius 3 is 2.77 bits per heavy atom. The van der Waals surface area contributed by atoms with Gasteiger partial charge in [-0.15, -0.1) is 0 Å². The molecule has 0 atom stereocenters. The van der Waals surface area contributed by atoms with Gasteiger partial charge in [-0.3, -0.25) is 4.90 Å². The zero-order chi connectivity index (χ0) is 15.2. The third-order valence-corrected chi connectivity index (χ3v) is 4.55. The second-order valence-electron chi connectivity index (χ2n) is 5.86. The predicted molar refractivity (Wildman–Crippen MR) is 79.4 cm³/mol. The van der Waals surface area contributed by atoms with Crippen molar-refractivity contribution >= 4 is 5.97 Å². The first-order valence-corrected chi connectivity index (χ1v) is 7.29. The molecule has 4 rings (SSSR count). The molecule has 0 bridgehead atoms. The lowest BCUT2D eigenvalue weighted by Crippen LogP contribution is -2.55. The van der Waals surface area contributed by atoms with Crippen LogP contribution in [0.2, 0.25) is 0 Å². The molecule has 0 radical (unpaired) electrons. The van der Waals surface area contributed by atoms with E-state index in [2.05, 4.69) is 34.1 Å². The Bertz CT molecular complexity index is 740. The van der Waals surface area contributed by atoms with Crippen molar-refractivity contribution in [2.45, 2.75) is 18.6 Å². The molecule has 1 spiro atoms. The van der Waals surface area contributed by atoms with Crippen molar-refractivity contribution in [3.8, 4) is 0 Å². The number of aromatic nitrogens is 1. The van der Waals surface area contributed by atoms with E-state index < -0.39 is 5.97 Å². The number of aromatic carboxylic acids is 1. The molecule has 1 fully saturated rings. The van der Waals surface area contributed by atoms with Crippen LogP contribution in [-0.4, -0.2) is 34.2 Å². The van der Waals surface area contributed by atoms with Crippen LogP contribution in [-0.2, 0) is 23.4 Å². The van der Waals surface area contributed by atoms with E-state index in [0.29, 0.717) is 19.8 Å². The van der Waals surface area contributed by atoms with Gasteiger partial charge in [0.1, 0.15) is 5.69 Å². The molecule has 3 heterocycles. The smallest absolute Gasteiger partial charge is 0.354 e. The summed E-state index contributed by atoms with van der Waals surface area (Å²) >= 11 is 0. The molecule has 2 aromatic rings. The lowest BCUT2D eigenvalue weighted by molar-refractivity contribution is -0.143. The van der Waals surface area contributed by atoms with Crippen LogP contribution in [0.3, 0.4) is 0 Å². The Morgan fingerprint density at radius 1 is 1.23 bits per heavy atom. The Morgan fingerprint density at radius 2 is 2.05 bits per heavy atom. The number of hydrogen-bond donors (Lipinski definition) is 1. The minimum absolute atomic E-state index is 0.0719. The van der Waals surface area contributed by atoms with E-state index in [4.69, 9.17) is 9.84 Å². The Kier molecular flexibility index (Phi) is 2.99. The van der Waals surface area contributed by atoms with Crippen LogP contribution in [0.25, 0.3) is 0 Å². The van der Waals surface area contributed by atoms with Crippen molar-refractivity contribution in [1.29, 1.82) is 0 Å². The van der Waals surface area contributed by atoms with Gasteiger partial charge in [0.15, 0.2) is 0 Å². The maximum absolute atomic E-state index is 11.1. The summed E-state index contributed by atoms with van der Waals surface area (Å²) in [6.45, 7) is 2.84. The molecule has 5 heteroatoms. The molecule has 0 saturated carbocycles. The Hall–Kier alpha value is -2.24. The normalized spacial score (nSPS) is 18.9. The quantitative estimate of drug-likeness (QED) is 0.939. The van der Waals surface area contributed by atoms with E-state index in [9.17, 15) is 4.79 Å². The fourth-order valence-corrected chi connectivity index (χ4v) is 3.36. The number of carbonyl (C=O) groups is 1. The lowest BCUT2D eigenvalue weighted by atomic mass is 9.88. The van der Waals surface area contributed by atoms with E-state index in [1.165, 1.54) is 17.2 Å². The second kappa shape index (κ2) is 4.90. The van der Waals surface area contributed by atoms with Crippen LogP contribution in [0, 0.1) is 0 Å². The third kappa shape index (κ3) is 1.94. The number of nitrogens with zero attached hydrogens (tertiary/aromatic N) is 2. The number of fused-ring (bicyclic) bond motifs is 2. The highest BCUT2D eigenvalue weighted by atomic mass is 16.5. The first-order chi connectivity index (χ1) is 10.7. The average molecular weight is 296 g/mol. The molecule has 1 aromatic heterocycles. The summed E-state index contributed by atoms with van der Waals surface area (Å²) in [7, 11) is 0. The number of carboxylic acids is 1. The topological polar surface area (TPSA) is 62.7 Å². The SMILES string of the molecule is O=C(O)c1cccc(CN2Cc3ccccc3C23COC3)n1. The number of pyridine rings is 1. The maximum atomic E-state index is 11.1. The van der Waals surface area contributed by atoms with E-state index in [-0.39, 0.29) is 11.2 Å². The van der Waals surface area contributed by atoms with Crippen molar-refractivity contribution < 1.29 is 14.6 Å². The minimum Gasteiger partial charge on any atom is -0.477 e. The highest BCUT2D eigenvalue weighted by Crippen LogP contribution is 2.44. The summed E-state index contributed by atoms with van der Waals surface area (Å²) in [5.41, 5.74) is 3.44. The largest absolute Gasteiger partial charge is 0.477 e. The van der Waals surface area contributed by atoms with Gasteiger partial charge in [-0.2, -0.15) is 0 Å². The molecule has 2 aliphatic heterocycles. The summed E-state index contributed by atoms with van der Waals surface area (Å²) in [6, 6.07) is 13.6. The molecule has 0 amide bonds. The summed E-state index contributed by atoms with van der Waals surface area (Å²) in [5.74, 6) is -0.992. The molecule has 1 N–H and O–H groups in total. The van der Waals surface area contributed by atoms with Gasteiger partial charge < -0.3 is 9.84 Å². The zero-order valence-electron chi connectivity index (χ0n) is 12.0. The van der Waals surface area contributed by atoms with Gasteiger partial charge in [0.2, 0.25) is 0 Å². The molecular weight excluding hydrogens is 280 g/mol. The zero-order valence-corrected chi connectivity index (χ0v) is 12.0. The fraction of sp³-hybridized carbons (Fsp3) is 0.294. The van der Waals surface area contributed by atoms with Gasteiger partial charge in [0, 0.05) is 13.1 Å². The first kappa shape index (κ1) is 13.4. The second-order valence-corrected chi connectivity index (χ2v) is 5.86. The average Bonchev–Trinajstić information content (AvgIpc) is 2.81. The van der Waals surface area contributed by atoms with Crippen molar-refractivity contribution in [1.82, 2.24) is 9.88 Å². The molecule has 112 valence electrons. The van der Waals surface area contributed by atoms with Crippen LogP contribution in [0.15, 0.2) is 42.5 Å². The lowest BCUT2D eigenvalue weighted by Gasteiger charge is -2.45. The Labute approximate surface area is 128 Å². The van der Waals surface area contributed by atoms with Crippen LogP contribution in [0.5, 0.6) is 0 Å². The van der Waals surface area contributed by atoms with E-state index in [1.807, 2.05) is 6.07 Å². The summed E-state index contributed by atoms with van der Waals surface area (Å²) in [6.07, 6.45) is 0. The van der Waals surface area contributed by atoms with E-state index in [0.717, 1.165) is 12.2 Å². The Balaban J connectivity index is 1.64. The minimum atomic E-state index is -0.992. The molecule has 0 unspecified atom stereocenters. The van der Waals surface area contributed by atoms with Gasteiger partial charge in [0.25, 0.3) is 0 Å². The molecule has 22 heavy (non-hydrogen) atoms. The van der Waals surface area contributed by atoms with Crippen molar-refractivity contribution in [2.75, 3.05) is 13.2 Å². The van der Waals surface area contributed by atoms with Gasteiger partial charge in [-0.25, -0.2) is 9.78 Å². The van der Waals surface area contributed by atoms with Crippen molar-refractivity contribution in [3.63, 3.8) is 0 Å². The van der Waals surface area contributed by atoms with Gasteiger partial charge >= 0.3 is 5.97 Å². The summed E-state index contributed by atoms with van der Waals surface area (Å²) in [4.78, 5) is 17.7. The molecular formula is C17H16N2O3. The van der Waals surface area contributed by atoms with Gasteiger partial charge in [0.05, 0.1) is 24.4 Å². The number of benzene rings is 1. The van der Waals surface area contributed by atoms with E-state index in [1.54, 1.807) is 6.07 Å². The first-order valence-electron chi connectivity index (χ1n) is 7.29. The fourth-order valence-electron chi connectivity index (χ4n) is 3.36. The van der Waals surface area contributed by atoms with Crippen LogP contribution < -0.4 is 0 Å². The number of ether oxygens (including phenoxy) is 1. The number of carboxylic acid groups (broad SMARTS) is 1. The molecule has 5 nitrogen and oxygen atoms in total. The van der Waals surface area contributed by atoms with E-state index >= 15 is 0 Å². The summed E-state index contributed by atoms with van der Waals surface area (Å²) < 4.78 is 5.49. The van der Waals surface area contributed by atoms with Crippen molar-refractivity contribution in [2.24, 2.45) is 0 Å². The van der Waals surface area contributed by atoms with Gasteiger partial charge in [-0.05, 0) is 23.3 Å². The molecule has 0 aliphatic carbocycles. The predicted octanol–water partition coefficient (Wildman–Crippen LogP) is 2.02. The van der Waals surface area contributed by atoms with Crippen LogP contribution >= 0.6 is 0 Å². The van der Waals surface area contributed by atoms with Crippen LogP contribution in [0.4, 0.5) is 0 Å². The molecule has 2 aliphatic rings. The van der Waals surface area contributed by atoms with Crippen LogP contribution in [0.1, 0.15) is 27.3 Å². The monoisotopic (exact) mass is 296 g/mol. The maximum Gasteiger partial charge on any atom is 0.354 e. The van der Waals surface area contributed by atoms with Gasteiger partial charge in [-0.1, -0.05) is 30.3 Å².